The van der Waals surface area contributed by atoms with Crippen LogP contribution in [0.5, 0.6) is 0 Å². The lowest BCUT2D eigenvalue weighted by atomic mass is 10.0. The first-order chi connectivity index (χ1) is 16.3. The molecule has 0 spiro atoms. The van der Waals surface area contributed by atoms with Crippen molar-refractivity contribution in [2.75, 3.05) is 25.4 Å². The molecule has 1 aromatic heterocycles. The number of β-lactam (4-membered cyclic amide) rings is 1. The fourth-order valence-electron chi connectivity index (χ4n) is 3.39. The van der Waals surface area contributed by atoms with Gasteiger partial charge < -0.3 is 25.4 Å². The van der Waals surface area contributed by atoms with Crippen LogP contribution < -0.4 is 11.1 Å². The van der Waals surface area contributed by atoms with E-state index in [-0.39, 0.29) is 28.2 Å². The van der Waals surface area contributed by atoms with Gasteiger partial charge in [0.25, 0.3) is 11.8 Å². The van der Waals surface area contributed by atoms with Crippen LogP contribution in [0.4, 0.5) is 5.13 Å². The van der Waals surface area contributed by atoms with Crippen molar-refractivity contribution in [2.24, 2.45) is 11.1 Å². The Morgan fingerprint density at radius 1 is 1.32 bits per heavy atom. The Balaban J connectivity index is 1.59. The second-order valence-corrected chi connectivity index (χ2v) is 9.23. The van der Waals surface area contributed by atoms with Crippen molar-refractivity contribution in [3.8, 4) is 0 Å². The van der Waals surface area contributed by atoms with Gasteiger partial charge in [0.15, 0.2) is 10.8 Å². The first-order valence-corrected chi connectivity index (χ1v) is 12.4. The van der Waals surface area contributed by atoms with E-state index in [4.69, 9.17) is 20.0 Å². The summed E-state index contributed by atoms with van der Waals surface area (Å²) in [5.74, 6) is -2.24. The highest BCUT2D eigenvalue weighted by Gasteiger charge is 2.53. The molecule has 2 amide bonds. The highest BCUT2D eigenvalue weighted by molar-refractivity contribution is 8.00. The van der Waals surface area contributed by atoms with Crippen LogP contribution >= 0.6 is 23.1 Å². The number of aromatic nitrogens is 1. The van der Waals surface area contributed by atoms with Crippen LogP contribution in [0.3, 0.4) is 0 Å². The molecule has 0 aliphatic carbocycles. The topological polar surface area (TPSA) is 163 Å². The molecule has 1 aromatic rings. The van der Waals surface area contributed by atoms with Gasteiger partial charge in [0, 0.05) is 11.1 Å². The van der Waals surface area contributed by atoms with Crippen molar-refractivity contribution in [1.29, 1.82) is 0 Å². The standard InChI is InChI=1S/C20H25N5O7S2/c1-4-10(5-2)18(28)31-9-32-19(29)12-6-7-33-17-14(16(27)25(12)17)23-15(26)13(24-30-3)11-8-34-20(21)22-11/h6,8,10,14,17H,4-5,7,9H2,1-3H3,(H2,21,22)(H,23,26)/b24-13-/t14?,17-/m1/s1. The molecule has 184 valence electrons. The summed E-state index contributed by atoms with van der Waals surface area (Å²) >= 11 is 2.50. The van der Waals surface area contributed by atoms with Crippen molar-refractivity contribution in [1.82, 2.24) is 15.2 Å². The van der Waals surface area contributed by atoms with Gasteiger partial charge in [-0.3, -0.25) is 19.3 Å². The van der Waals surface area contributed by atoms with Crippen molar-refractivity contribution < 1.29 is 33.5 Å². The second kappa shape index (κ2) is 11.3. The number of carbonyl (C=O) groups is 4. The smallest absolute Gasteiger partial charge is 0.357 e. The van der Waals surface area contributed by atoms with Gasteiger partial charge in [-0.25, -0.2) is 9.78 Å². The first kappa shape index (κ1) is 25.5. The molecule has 0 bridgehead atoms. The van der Waals surface area contributed by atoms with E-state index in [9.17, 15) is 19.2 Å². The van der Waals surface area contributed by atoms with Gasteiger partial charge >= 0.3 is 11.9 Å². The number of oxime groups is 1. The lowest BCUT2D eigenvalue weighted by Gasteiger charge is -2.48. The number of nitrogen functional groups attached to an aromatic ring is 1. The fourth-order valence-corrected chi connectivity index (χ4v) is 5.13. The van der Waals surface area contributed by atoms with Gasteiger partial charge in [0.1, 0.15) is 29.9 Å². The molecule has 34 heavy (non-hydrogen) atoms. The molecule has 0 radical (unpaired) electrons. The van der Waals surface area contributed by atoms with Gasteiger partial charge in [0.05, 0.1) is 5.92 Å². The maximum atomic E-state index is 12.8. The first-order valence-electron chi connectivity index (χ1n) is 10.4. The number of fused-ring (bicyclic) bond motifs is 1. The van der Waals surface area contributed by atoms with Crippen LogP contribution in [-0.4, -0.2) is 70.4 Å². The van der Waals surface area contributed by atoms with E-state index in [0.29, 0.717) is 18.6 Å². The van der Waals surface area contributed by atoms with E-state index in [1.165, 1.54) is 23.8 Å². The second-order valence-electron chi connectivity index (χ2n) is 7.19. The van der Waals surface area contributed by atoms with E-state index in [1.807, 2.05) is 13.8 Å². The Bertz CT molecular complexity index is 1020. The highest BCUT2D eigenvalue weighted by atomic mass is 32.2. The molecule has 2 aliphatic heterocycles. The lowest BCUT2D eigenvalue weighted by molar-refractivity contribution is -0.170. The van der Waals surface area contributed by atoms with Crippen molar-refractivity contribution in [3.63, 3.8) is 0 Å². The zero-order valence-electron chi connectivity index (χ0n) is 18.8. The Morgan fingerprint density at radius 2 is 2.06 bits per heavy atom. The molecule has 3 N–H and O–H groups in total. The third-order valence-electron chi connectivity index (χ3n) is 5.21. The number of esters is 2. The van der Waals surface area contributed by atoms with Crippen molar-refractivity contribution in [2.45, 2.75) is 38.1 Å². The Hall–Kier alpha value is -3.13. The molecule has 2 atom stereocenters. The molecule has 0 saturated carbocycles. The van der Waals surface area contributed by atoms with Gasteiger partial charge in [0.2, 0.25) is 6.79 Å². The minimum absolute atomic E-state index is 0.0379. The summed E-state index contributed by atoms with van der Waals surface area (Å²) in [7, 11) is 1.28. The zero-order valence-corrected chi connectivity index (χ0v) is 20.4. The summed E-state index contributed by atoms with van der Waals surface area (Å²) in [6.07, 6.45) is 2.79. The third kappa shape index (κ3) is 5.33. The van der Waals surface area contributed by atoms with Crippen LogP contribution in [-0.2, 0) is 33.5 Å². The normalized spacial score (nSPS) is 19.6. The maximum absolute atomic E-state index is 12.8. The predicted octanol–water partition coefficient (Wildman–Crippen LogP) is 0.840. The molecular formula is C20H25N5O7S2. The summed E-state index contributed by atoms with van der Waals surface area (Å²) in [6, 6.07) is -0.889. The van der Waals surface area contributed by atoms with Crippen LogP contribution in [0.25, 0.3) is 0 Å². The summed E-state index contributed by atoms with van der Waals surface area (Å²) in [4.78, 5) is 60.0. The Labute approximate surface area is 203 Å². The van der Waals surface area contributed by atoms with E-state index in [0.717, 1.165) is 11.3 Å². The number of nitrogens with one attached hydrogen (secondary N) is 1. The molecule has 12 nitrogen and oxygen atoms in total. The van der Waals surface area contributed by atoms with Crippen molar-refractivity contribution in [3.05, 3.63) is 22.8 Å². The van der Waals surface area contributed by atoms with E-state index < -0.39 is 42.0 Å². The molecule has 1 fully saturated rings. The predicted molar refractivity (Wildman–Crippen MR) is 124 cm³/mol. The van der Waals surface area contributed by atoms with Crippen LogP contribution in [0.1, 0.15) is 32.4 Å². The number of ether oxygens (including phenoxy) is 2. The summed E-state index contributed by atoms with van der Waals surface area (Å²) in [5, 5.41) is 7.59. The van der Waals surface area contributed by atoms with E-state index in [1.54, 1.807) is 11.5 Å². The third-order valence-corrected chi connectivity index (χ3v) is 7.07. The maximum Gasteiger partial charge on any atom is 0.357 e. The number of hydrogen-bond donors (Lipinski definition) is 2. The largest absolute Gasteiger partial charge is 0.428 e. The van der Waals surface area contributed by atoms with Crippen LogP contribution in [0.15, 0.2) is 22.3 Å². The van der Waals surface area contributed by atoms with E-state index >= 15 is 0 Å². The number of thioether (sulfide) groups is 1. The average Bonchev–Trinajstić information content (AvgIpc) is 3.26. The Morgan fingerprint density at radius 3 is 2.68 bits per heavy atom. The number of nitrogens with two attached hydrogens (primary N) is 1. The van der Waals surface area contributed by atoms with E-state index in [2.05, 4.69) is 15.5 Å². The molecule has 2 aliphatic rings. The summed E-state index contributed by atoms with van der Waals surface area (Å²) in [6.45, 7) is 3.19. The molecular weight excluding hydrogens is 486 g/mol. The number of hydrogen-bond acceptors (Lipinski definition) is 12. The number of anilines is 1. The minimum atomic E-state index is -0.889. The number of carbonyl (C=O) groups excluding carboxylic acids is 4. The number of nitrogens with zero attached hydrogens (tertiary/aromatic N) is 3. The average molecular weight is 512 g/mol. The highest BCUT2D eigenvalue weighted by Crippen LogP contribution is 2.37. The number of thiazole rings is 1. The quantitative estimate of drug-likeness (QED) is 0.151. The fraction of sp³-hybridized carbons (Fsp3) is 0.500. The summed E-state index contributed by atoms with van der Waals surface area (Å²) < 4.78 is 10.1. The van der Waals surface area contributed by atoms with Gasteiger partial charge in [-0.15, -0.1) is 23.1 Å². The number of rotatable bonds is 10. The molecule has 1 unspecified atom stereocenters. The van der Waals surface area contributed by atoms with Gasteiger partial charge in [-0.1, -0.05) is 19.0 Å². The lowest BCUT2D eigenvalue weighted by Crippen LogP contribution is -2.70. The molecule has 0 aromatic carbocycles. The SMILES string of the molecule is CCC(CC)C(=O)OCOC(=O)C1=CCS[C@@H]2C(NC(=O)/C(=N\OC)c3csc(N)n3)C(=O)N12. The zero-order chi connectivity index (χ0) is 24.8. The minimum Gasteiger partial charge on any atom is -0.428 e. The van der Waals surface area contributed by atoms with Crippen molar-refractivity contribution >= 4 is 57.7 Å². The van der Waals surface area contributed by atoms with Gasteiger partial charge in [-0.05, 0) is 18.9 Å². The van der Waals surface area contributed by atoms with Gasteiger partial charge in [-0.2, -0.15) is 0 Å². The molecule has 1 saturated heterocycles. The summed E-state index contributed by atoms with van der Waals surface area (Å²) in [5.41, 5.74) is 5.75. The Kier molecular flexibility index (Phi) is 8.50. The molecule has 3 heterocycles. The molecule has 14 heteroatoms. The molecule has 3 rings (SSSR count). The monoisotopic (exact) mass is 511 g/mol. The number of amides is 2. The van der Waals surface area contributed by atoms with Crippen LogP contribution in [0, 0.1) is 5.92 Å². The van der Waals surface area contributed by atoms with Crippen LogP contribution in [0.2, 0.25) is 0 Å².